The number of carboxylic acids is 1. The normalized spacial score (nSPS) is 17.0. The summed E-state index contributed by atoms with van der Waals surface area (Å²) in [6, 6.07) is -0.720. The largest absolute Gasteiger partial charge is 1.00 e. The van der Waals surface area contributed by atoms with E-state index in [-0.39, 0.29) is 35.5 Å². The first kappa shape index (κ1) is 23.1. The molecule has 1 rings (SSSR count). The Morgan fingerprint density at radius 3 is 1.95 bits per heavy atom. The summed E-state index contributed by atoms with van der Waals surface area (Å²) in [5.41, 5.74) is -1.09. The van der Waals surface area contributed by atoms with Gasteiger partial charge in [0.15, 0.2) is 0 Å². The number of hydrogen-bond donors (Lipinski definition) is 2. The Labute approximate surface area is 152 Å². The Hall–Kier alpha value is -1.18. The number of aliphatic carboxylic acids is 1. The predicted octanol–water partition coefficient (Wildman–Crippen LogP) is -2.89. The van der Waals surface area contributed by atoms with E-state index in [1.807, 2.05) is 13.8 Å². The number of urea groups is 1. The zero-order valence-electron chi connectivity index (χ0n) is 13.5. The Morgan fingerprint density at radius 2 is 1.68 bits per heavy atom. The van der Waals surface area contributed by atoms with E-state index in [1.165, 1.54) is 0 Å². The maximum atomic E-state index is 11.9. The van der Waals surface area contributed by atoms with Gasteiger partial charge in [-0.2, -0.15) is 0 Å². The molecular formula is C14H21N2NaO5. The van der Waals surface area contributed by atoms with E-state index in [2.05, 4.69) is 17.2 Å². The van der Waals surface area contributed by atoms with Crippen LogP contribution in [-0.4, -0.2) is 23.8 Å². The Morgan fingerprint density at radius 1 is 1.27 bits per heavy atom. The number of carbonyl (C=O) groups excluding carboxylic acids is 4. The summed E-state index contributed by atoms with van der Waals surface area (Å²) in [6.07, 6.45) is 2.80. The molecule has 1 aliphatic heterocycles. The van der Waals surface area contributed by atoms with Gasteiger partial charge in [-0.3, -0.25) is 20.2 Å². The average molecular weight is 320 g/mol. The Bertz CT molecular complexity index is 431. The van der Waals surface area contributed by atoms with Gasteiger partial charge in [-0.15, -0.1) is 0 Å². The first-order valence-electron chi connectivity index (χ1n) is 6.76. The first-order valence-corrected chi connectivity index (χ1v) is 6.76. The van der Waals surface area contributed by atoms with Crippen LogP contribution in [0.3, 0.4) is 0 Å². The molecule has 0 radical (unpaired) electrons. The molecule has 0 aromatic carbocycles. The second kappa shape index (κ2) is 10.5. The molecule has 0 saturated carbocycles. The fraction of sp³-hybridized carbons (Fsp3) is 0.571. The van der Waals surface area contributed by atoms with E-state index < -0.39 is 29.2 Å². The summed E-state index contributed by atoms with van der Waals surface area (Å²) in [5.74, 6) is -2.24. The number of carbonyl (C=O) groups is 4. The van der Waals surface area contributed by atoms with E-state index in [0.29, 0.717) is 6.42 Å². The molecular weight excluding hydrogens is 299 g/mol. The van der Waals surface area contributed by atoms with Crippen LogP contribution in [0.1, 0.15) is 40.0 Å². The van der Waals surface area contributed by atoms with Gasteiger partial charge >= 0.3 is 35.6 Å². The zero-order chi connectivity index (χ0) is 16.6. The van der Waals surface area contributed by atoms with Crippen LogP contribution >= 0.6 is 0 Å². The molecule has 1 heterocycles. The van der Waals surface area contributed by atoms with Crippen LogP contribution in [0.4, 0.5) is 4.79 Å². The molecule has 4 amide bonds. The van der Waals surface area contributed by atoms with Gasteiger partial charge in [-0.05, 0) is 24.8 Å². The van der Waals surface area contributed by atoms with Crippen LogP contribution in [0.5, 0.6) is 0 Å². The smallest absolute Gasteiger partial charge is 0.545 e. The minimum Gasteiger partial charge on any atom is -0.545 e. The van der Waals surface area contributed by atoms with Crippen LogP contribution in [-0.2, 0) is 14.4 Å². The van der Waals surface area contributed by atoms with Gasteiger partial charge in [0.25, 0.3) is 0 Å². The van der Waals surface area contributed by atoms with Gasteiger partial charge < -0.3 is 9.90 Å². The molecule has 0 spiro atoms. The SMILES string of the molecule is C=CC(=O)[O-].CCCC(C)C1(CC)C(=O)NC(=O)NC1=O.[Na+]. The number of amides is 4. The number of hydrogen-bond acceptors (Lipinski definition) is 5. The Kier molecular flexibility index (Phi) is 11.1. The molecule has 118 valence electrons. The van der Waals surface area contributed by atoms with Crippen molar-refractivity contribution >= 4 is 23.8 Å². The van der Waals surface area contributed by atoms with Crippen LogP contribution < -0.4 is 45.3 Å². The maximum absolute atomic E-state index is 11.9. The molecule has 2 N–H and O–H groups in total. The quantitative estimate of drug-likeness (QED) is 0.320. The third-order valence-electron chi connectivity index (χ3n) is 3.55. The van der Waals surface area contributed by atoms with Gasteiger partial charge in [0.1, 0.15) is 5.41 Å². The van der Waals surface area contributed by atoms with Crippen molar-refractivity contribution < 1.29 is 53.8 Å². The molecule has 1 aliphatic rings. The van der Waals surface area contributed by atoms with E-state index in [0.717, 1.165) is 18.9 Å². The van der Waals surface area contributed by atoms with E-state index in [1.54, 1.807) is 6.92 Å². The summed E-state index contributed by atoms with van der Waals surface area (Å²) >= 11 is 0. The molecule has 0 aromatic heterocycles. The average Bonchev–Trinajstić information content (AvgIpc) is 2.39. The van der Waals surface area contributed by atoms with Crippen molar-refractivity contribution in [3.63, 3.8) is 0 Å². The van der Waals surface area contributed by atoms with Gasteiger partial charge in [0.2, 0.25) is 11.8 Å². The van der Waals surface area contributed by atoms with Gasteiger partial charge in [-0.25, -0.2) is 4.79 Å². The molecule has 7 nitrogen and oxygen atoms in total. The number of nitrogens with one attached hydrogen (secondary N) is 2. The van der Waals surface area contributed by atoms with Gasteiger partial charge in [-0.1, -0.05) is 33.8 Å². The minimum absolute atomic E-state index is 0. The van der Waals surface area contributed by atoms with E-state index in [9.17, 15) is 14.4 Å². The summed E-state index contributed by atoms with van der Waals surface area (Å²) in [7, 11) is 0. The van der Waals surface area contributed by atoms with Crippen LogP contribution in [0.15, 0.2) is 12.7 Å². The molecule has 8 heteroatoms. The minimum atomic E-state index is -1.23. The summed E-state index contributed by atoms with van der Waals surface area (Å²) < 4.78 is 0. The second-order valence-electron chi connectivity index (χ2n) is 4.78. The van der Waals surface area contributed by atoms with Crippen molar-refractivity contribution in [2.24, 2.45) is 11.3 Å². The first-order chi connectivity index (χ1) is 9.75. The predicted molar refractivity (Wildman–Crippen MR) is 73.7 cm³/mol. The van der Waals surface area contributed by atoms with Gasteiger partial charge in [0, 0.05) is 0 Å². The summed E-state index contributed by atoms with van der Waals surface area (Å²) in [4.78, 5) is 43.9. The van der Waals surface area contributed by atoms with Crippen molar-refractivity contribution in [2.45, 2.75) is 40.0 Å². The topological polar surface area (TPSA) is 115 Å². The van der Waals surface area contributed by atoms with Crippen molar-refractivity contribution in [1.82, 2.24) is 10.6 Å². The molecule has 1 fully saturated rings. The number of rotatable bonds is 5. The number of imide groups is 2. The van der Waals surface area contributed by atoms with E-state index in [4.69, 9.17) is 9.90 Å². The fourth-order valence-corrected chi connectivity index (χ4v) is 2.36. The molecule has 0 bridgehead atoms. The van der Waals surface area contributed by atoms with Gasteiger partial charge in [0.05, 0.1) is 5.97 Å². The van der Waals surface area contributed by atoms with Crippen molar-refractivity contribution in [2.75, 3.05) is 0 Å². The molecule has 1 atom stereocenters. The fourth-order valence-electron chi connectivity index (χ4n) is 2.36. The Balaban J connectivity index is 0. The molecule has 1 unspecified atom stereocenters. The van der Waals surface area contributed by atoms with Crippen LogP contribution in [0, 0.1) is 11.3 Å². The third-order valence-corrected chi connectivity index (χ3v) is 3.55. The van der Waals surface area contributed by atoms with Crippen molar-refractivity contribution in [3.05, 3.63) is 12.7 Å². The second-order valence-corrected chi connectivity index (χ2v) is 4.78. The third kappa shape index (κ3) is 5.55. The zero-order valence-corrected chi connectivity index (χ0v) is 15.5. The van der Waals surface area contributed by atoms with Crippen LogP contribution in [0.2, 0.25) is 0 Å². The standard InChI is InChI=1S/C11H18N2O3.C3H4O2.Na/c1-4-6-7(3)11(5-2)8(14)12-10(16)13-9(11)15;1-2-3(4)5;/h7H,4-6H2,1-3H3,(H2,12,13,14,15,16);2H,1H2,(H,4,5);/q;;+1/p-1. The molecule has 0 aliphatic carbocycles. The van der Waals surface area contributed by atoms with E-state index >= 15 is 0 Å². The van der Waals surface area contributed by atoms with Crippen molar-refractivity contribution in [3.8, 4) is 0 Å². The van der Waals surface area contributed by atoms with Crippen LogP contribution in [0.25, 0.3) is 0 Å². The number of barbiturate groups is 1. The molecule has 22 heavy (non-hydrogen) atoms. The van der Waals surface area contributed by atoms with Crippen molar-refractivity contribution in [1.29, 1.82) is 0 Å². The summed E-state index contributed by atoms with van der Waals surface area (Å²) in [5, 5.41) is 13.5. The molecule has 1 saturated heterocycles. The maximum Gasteiger partial charge on any atom is 1.00 e. The molecule has 0 aromatic rings. The summed E-state index contributed by atoms with van der Waals surface area (Å²) in [6.45, 7) is 8.57. The monoisotopic (exact) mass is 320 g/mol. The number of carboxylic acid groups (broad SMARTS) is 1.